The Morgan fingerprint density at radius 1 is 0.870 bits per heavy atom. The summed E-state index contributed by atoms with van der Waals surface area (Å²) in [5.41, 5.74) is 2.59. The normalized spacial score (nSPS) is 10.7. The summed E-state index contributed by atoms with van der Waals surface area (Å²) >= 11 is 25.0. The van der Waals surface area contributed by atoms with Crippen LogP contribution in [-0.4, -0.2) is 129 Å². The maximum Gasteiger partial charge on any atom is 0.449 e. The van der Waals surface area contributed by atoms with Crippen molar-refractivity contribution in [3.05, 3.63) is 60.2 Å². The number of hydrogen-bond donors (Lipinski definition) is 0. The molecule has 0 bridgehead atoms. The molecule has 2 aromatic carbocycles. The molecule has 0 radical (unpaired) electrons. The number of nitrogens with zero attached hydrogens (tertiary/aromatic N) is 7. The topological polar surface area (TPSA) is 113 Å². The molecule has 0 saturated heterocycles. The maximum absolute atomic E-state index is 10.8. The molecule has 0 unspecified atom stereocenters. The quantitative estimate of drug-likeness (QED) is 0.120. The van der Waals surface area contributed by atoms with Crippen molar-refractivity contribution in [3.8, 4) is 0 Å². The number of para-hydroxylation sites is 1. The largest absolute Gasteiger partial charge is 0.459 e. The van der Waals surface area contributed by atoms with E-state index in [1.165, 1.54) is 9.75 Å². The Hall–Kier alpha value is -1.51. The van der Waals surface area contributed by atoms with Crippen LogP contribution in [0.5, 0.6) is 0 Å². The first-order valence-corrected chi connectivity index (χ1v) is 18.7. The molecular weight excluding hydrogens is 743 g/mol. The molecule has 0 N–H and O–H groups in total. The Morgan fingerprint density at radius 2 is 1.28 bits per heavy atom. The Labute approximate surface area is 300 Å². The van der Waals surface area contributed by atoms with Crippen molar-refractivity contribution in [1.82, 2.24) is 34.1 Å². The third-order valence-electron chi connectivity index (χ3n) is 4.68. The van der Waals surface area contributed by atoms with Crippen LogP contribution in [0.25, 0.3) is 11.0 Å². The Bertz CT molecular complexity index is 1250. The number of ether oxygens (including phenoxy) is 1. The van der Waals surface area contributed by atoms with Crippen LogP contribution in [-0.2, 0) is 31.7 Å². The monoisotopic (exact) mass is 784 g/mol. The van der Waals surface area contributed by atoms with E-state index in [-0.39, 0.29) is 6.61 Å². The summed E-state index contributed by atoms with van der Waals surface area (Å²) in [6, 6.07) is 17.1. The molecule has 0 spiro atoms. The molecule has 0 aliphatic heterocycles. The molecule has 46 heavy (non-hydrogen) atoms. The highest BCUT2D eigenvalue weighted by atomic mass is 35.6. The smallest absolute Gasteiger partial charge is 0.449 e. The van der Waals surface area contributed by atoms with Gasteiger partial charge < -0.3 is 9.64 Å². The molecule has 262 valence electrons. The van der Waals surface area contributed by atoms with E-state index in [1.54, 1.807) is 26.6 Å². The van der Waals surface area contributed by atoms with E-state index in [2.05, 4.69) is 24.3 Å². The number of benzene rings is 2. The number of halogens is 5. The van der Waals surface area contributed by atoms with Gasteiger partial charge in [0.2, 0.25) is 11.2 Å². The van der Waals surface area contributed by atoms with Crippen molar-refractivity contribution >= 4 is 100 Å². The minimum atomic E-state index is -2.14. The number of fused-ring (bicyclic) bond motifs is 1. The van der Waals surface area contributed by atoms with Crippen LogP contribution in [0.2, 0.25) is 0 Å². The first-order valence-electron chi connectivity index (χ1n) is 13.0. The summed E-state index contributed by atoms with van der Waals surface area (Å²) in [6.45, 7) is 0.204. The predicted molar refractivity (Wildman–Crippen MR) is 195 cm³/mol. The van der Waals surface area contributed by atoms with E-state index >= 15 is 0 Å². The van der Waals surface area contributed by atoms with Crippen molar-refractivity contribution in [2.45, 2.75) is 15.7 Å². The highest BCUT2D eigenvalue weighted by Crippen LogP contribution is 2.61. The lowest BCUT2D eigenvalue weighted by Crippen LogP contribution is -2.42. The van der Waals surface area contributed by atoms with Gasteiger partial charge in [0.05, 0.1) is 0 Å². The molecule has 12 nitrogen and oxygen atoms in total. The number of rotatable bonds is 9. The third kappa shape index (κ3) is 20.0. The Kier molecular flexibility index (Phi) is 25.8. The van der Waals surface area contributed by atoms with Gasteiger partial charge in [0.1, 0.15) is 17.6 Å². The molecule has 0 atom stereocenters. The zero-order chi connectivity index (χ0) is 36.0. The molecule has 19 heteroatoms. The van der Waals surface area contributed by atoms with E-state index in [1.807, 2.05) is 96.9 Å². The van der Waals surface area contributed by atoms with Crippen LogP contribution >= 0.6 is 65.9 Å². The Morgan fingerprint density at radius 3 is 1.67 bits per heavy atom. The van der Waals surface area contributed by atoms with Crippen LogP contribution in [0.3, 0.4) is 0 Å². The molecule has 1 amide bonds. The number of amides is 1. The molecule has 3 aromatic rings. The maximum atomic E-state index is 10.8. The second-order valence-electron chi connectivity index (χ2n) is 9.54. The molecule has 1 aromatic heterocycles. The van der Waals surface area contributed by atoms with Gasteiger partial charge in [-0.1, -0.05) is 100 Å². The SMILES string of the molecule is CN(C)C=O.CN(C)[P+](On1nnc2ccccc21)(N(C)C)N(C)C.CS(C)=O.ClC(Cl)Cl.O=C(OCc1ccccc1)C(Cl)Cl. The number of carbonyl (C=O) groups is 2. The summed E-state index contributed by atoms with van der Waals surface area (Å²) in [5, 5.41) is 8.25. The number of carbonyl (C=O) groups excluding carboxylic acids is 2. The first-order chi connectivity index (χ1) is 21.3. The fourth-order valence-corrected chi connectivity index (χ4v) is 6.13. The molecule has 3 rings (SSSR count). The number of hydrogen-bond acceptors (Lipinski definition) is 10. The first kappa shape index (κ1) is 46.6. The van der Waals surface area contributed by atoms with Gasteiger partial charge >= 0.3 is 13.9 Å². The van der Waals surface area contributed by atoms with Gasteiger partial charge in [-0.2, -0.15) is 4.62 Å². The van der Waals surface area contributed by atoms with Gasteiger partial charge in [-0.3, -0.25) is 9.00 Å². The second kappa shape index (κ2) is 25.5. The number of alkyl halides is 5. The third-order valence-corrected chi connectivity index (χ3v) is 8.54. The molecule has 0 fully saturated rings. The summed E-state index contributed by atoms with van der Waals surface area (Å²) in [4.78, 5) is 22.1. The van der Waals surface area contributed by atoms with Crippen LogP contribution in [0, 0.1) is 0 Å². The Balaban J connectivity index is 0. The molecule has 0 aliphatic rings. The van der Waals surface area contributed by atoms with Gasteiger partial charge in [0, 0.05) is 79.7 Å². The fraction of sp³-hybridized carbons (Fsp3) is 0.481. The van der Waals surface area contributed by atoms with Gasteiger partial charge in [-0.15, -0.1) is 19.1 Å². The minimum absolute atomic E-state index is 0.204. The highest BCUT2D eigenvalue weighted by Gasteiger charge is 2.54. The van der Waals surface area contributed by atoms with Crippen LogP contribution in [0.4, 0.5) is 0 Å². The van der Waals surface area contributed by atoms with Crippen LogP contribution in [0.15, 0.2) is 54.6 Å². The average Bonchev–Trinajstić information content (AvgIpc) is 3.37. The van der Waals surface area contributed by atoms with Gasteiger partial charge in [0.15, 0.2) is 4.30 Å². The van der Waals surface area contributed by atoms with E-state index in [0.29, 0.717) is 0 Å². The molecular formula is C27H44Cl5N7O5PS+. The highest BCUT2D eigenvalue weighted by molar-refractivity contribution is 7.83. The van der Waals surface area contributed by atoms with Crippen molar-refractivity contribution in [3.63, 3.8) is 0 Å². The number of aromatic nitrogens is 3. The number of esters is 1. The second-order valence-corrected chi connectivity index (χ2v) is 17.7. The van der Waals surface area contributed by atoms with Gasteiger partial charge in [0.25, 0.3) is 0 Å². The predicted octanol–water partition coefficient (Wildman–Crippen LogP) is 5.44. The van der Waals surface area contributed by atoms with Crippen LogP contribution in [0.1, 0.15) is 5.56 Å². The lowest BCUT2D eigenvalue weighted by molar-refractivity contribution is -0.142. The zero-order valence-corrected chi connectivity index (χ0v) is 33.0. The van der Waals surface area contributed by atoms with Crippen molar-refractivity contribution in [1.29, 1.82) is 0 Å². The van der Waals surface area contributed by atoms with E-state index in [4.69, 9.17) is 67.4 Å². The van der Waals surface area contributed by atoms with Gasteiger partial charge in [-0.25, -0.2) is 4.79 Å². The summed E-state index contributed by atoms with van der Waals surface area (Å²) in [7, 11) is 12.7. The molecule has 1 heterocycles. The molecule has 0 saturated carbocycles. The molecule has 0 aliphatic carbocycles. The van der Waals surface area contributed by atoms with Crippen LogP contribution < -0.4 is 4.62 Å². The van der Waals surface area contributed by atoms with Crippen molar-refractivity contribution in [2.24, 2.45) is 0 Å². The standard InChI is InChI=1S/C12H22N6OP.C9H8Cl2O2.C3H7NO.C2H6OS.CHCl3/c1-15(2)20(16(3)4,17(5)6)19-18-12-10-8-7-9-11(12)13-14-18;10-8(11)9(12)13-6-7-4-2-1-3-5-7;1-4(2)3-5;1-4(2)3;2-1(3)4/h7-10H,1-6H3;1-5,8H,6H2;3H,1-2H3;1-2H3;1H/q+1;;;;. The zero-order valence-electron chi connectivity index (χ0n) is 27.6. The summed E-state index contributed by atoms with van der Waals surface area (Å²) < 4.78 is 26.1. The van der Waals surface area contributed by atoms with E-state index in [9.17, 15) is 13.8 Å². The van der Waals surface area contributed by atoms with Crippen molar-refractivity contribution in [2.75, 3.05) is 68.9 Å². The summed E-state index contributed by atoms with van der Waals surface area (Å²) in [6.07, 6.45) is 4.03. The fourth-order valence-electron chi connectivity index (χ4n) is 3.10. The average molecular weight is 787 g/mol. The van der Waals surface area contributed by atoms with Crippen molar-refractivity contribution < 1.29 is 23.2 Å². The van der Waals surface area contributed by atoms with E-state index < -0.39 is 33.8 Å². The minimum Gasteiger partial charge on any atom is -0.459 e. The lowest BCUT2D eigenvalue weighted by Gasteiger charge is -2.35. The summed E-state index contributed by atoms with van der Waals surface area (Å²) in [5.74, 6) is -0.618. The van der Waals surface area contributed by atoms with E-state index in [0.717, 1.165) is 23.0 Å². The lowest BCUT2D eigenvalue weighted by atomic mass is 10.2. The van der Waals surface area contributed by atoms with Gasteiger partial charge in [-0.05, 0) is 27.8 Å².